The van der Waals surface area contributed by atoms with Gasteiger partial charge < -0.3 is 9.84 Å². The molecule has 3 aromatic rings. The lowest BCUT2D eigenvalue weighted by Gasteiger charge is -2.25. The minimum Gasteiger partial charge on any atom is -0.507 e. The lowest BCUT2D eigenvalue weighted by molar-refractivity contribution is -0.132. The molecule has 1 N–H and O–H groups in total. The summed E-state index contributed by atoms with van der Waals surface area (Å²) in [6, 6.07) is 15.2. The first-order chi connectivity index (χ1) is 15.8. The van der Waals surface area contributed by atoms with Crippen molar-refractivity contribution >= 4 is 39.1 Å². The second-order valence-corrected chi connectivity index (χ2v) is 8.91. The van der Waals surface area contributed by atoms with E-state index >= 15 is 0 Å². The van der Waals surface area contributed by atoms with Crippen LogP contribution in [0.2, 0.25) is 0 Å². The number of ketones is 1. The molecule has 1 saturated heterocycles. The Labute approximate surface area is 200 Å². The van der Waals surface area contributed by atoms with Gasteiger partial charge in [0.15, 0.2) is 0 Å². The van der Waals surface area contributed by atoms with Crippen LogP contribution in [0.1, 0.15) is 42.5 Å². The number of hydrogen-bond acceptors (Lipinski definition) is 5. The van der Waals surface area contributed by atoms with E-state index in [9.17, 15) is 14.7 Å². The number of carbonyl (C=O) groups is 2. The molecule has 1 unspecified atom stereocenters. The fourth-order valence-electron chi connectivity index (χ4n) is 3.94. The molecule has 0 bridgehead atoms. The van der Waals surface area contributed by atoms with Crippen molar-refractivity contribution < 1.29 is 19.4 Å². The van der Waals surface area contributed by atoms with E-state index in [-0.39, 0.29) is 11.3 Å². The number of pyridine rings is 1. The molecule has 0 aliphatic carbocycles. The van der Waals surface area contributed by atoms with Crippen LogP contribution in [0.25, 0.3) is 5.76 Å². The van der Waals surface area contributed by atoms with Crippen LogP contribution in [0.15, 0.2) is 77.0 Å². The molecule has 33 heavy (non-hydrogen) atoms. The zero-order valence-electron chi connectivity index (χ0n) is 18.4. The van der Waals surface area contributed by atoms with Crippen LogP contribution in [0.4, 0.5) is 5.69 Å². The number of aliphatic hydroxyl groups is 1. The van der Waals surface area contributed by atoms with Gasteiger partial charge in [-0.25, -0.2) is 0 Å². The molecule has 2 heterocycles. The van der Waals surface area contributed by atoms with Crippen LogP contribution in [0.5, 0.6) is 5.75 Å². The number of hydrogen-bond donors (Lipinski definition) is 1. The highest BCUT2D eigenvalue weighted by Crippen LogP contribution is 2.42. The fraction of sp³-hybridized carbons (Fsp3) is 0.192. The maximum Gasteiger partial charge on any atom is 0.300 e. The summed E-state index contributed by atoms with van der Waals surface area (Å²) in [5.74, 6) is -0.790. The Kier molecular flexibility index (Phi) is 6.33. The minimum atomic E-state index is -0.815. The van der Waals surface area contributed by atoms with Gasteiger partial charge in [0.05, 0.1) is 23.2 Å². The van der Waals surface area contributed by atoms with Gasteiger partial charge in [-0.3, -0.25) is 19.5 Å². The maximum absolute atomic E-state index is 13.2. The van der Waals surface area contributed by atoms with E-state index in [1.54, 1.807) is 42.7 Å². The normalized spacial score (nSPS) is 17.6. The third-order valence-corrected chi connectivity index (χ3v) is 6.33. The molecular weight excluding hydrogens is 484 g/mol. The average molecular weight is 507 g/mol. The first kappa shape index (κ1) is 22.7. The smallest absolute Gasteiger partial charge is 0.300 e. The summed E-state index contributed by atoms with van der Waals surface area (Å²) in [4.78, 5) is 32.0. The third-order valence-electron chi connectivity index (χ3n) is 5.71. The van der Waals surface area contributed by atoms with Crippen LogP contribution in [0.3, 0.4) is 0 Å². The molecule has 1 fully saturated rings. The molecule has 6 nitrogen and oxygen atoms in total. The SMILES string of the molecule is COc1ccc(/C(O)=C2/C(=O)C(=O)N(c3ccc(C(C)C)cc3)C2c2cccnc2)cc1Br. The molecule has 1 aliphatic rings. The molecule has 0 spiro atoms. The van der Waals surface area contributed by atoms with E-state index in [2.05, 4.69) is 34.8 Å². The Hall–Kier alpha value is -3.45. The Morgan fingerprint density at radius 2 is 1.85 bits per heavy atom. The molecule has 0 radical (unpaired) electrons. The fourth-order valence-corrected chi connectivity index (χ4v) is 4.48. The van der Waals surface area contributed by atoms with Crippen molar-refractivity contribution in [2.75, 3.05) is 12.0 Å². The van der Waals surface area contributed by atoms with Gasteiger partial charge in [-0.15, -0.1) is 0 Å². The van der Waals surface area contributed by atoms with Crippen LogP contribution in [-0.2, 0) is 9.59 Å². The van der Waals surface area contributed by atoms with Gasteiger partial charge in [-0.2, -0.15) is 0 Å². The zero-order valence-corrected chi connectivity index (χ0v) is 20.0. The van der Waals surface area contributed by atoms with Crippen molar-refractivity contribution in [3.8, 4) is 5.75 Å². The Balaban J connectivity index is 1.89. The van der Waals surface area contributed by atoms with Crippen molar-refractivity contribution in [3.05, 3.63) is 93.7 Å². The van der Waals surface area contributed by atoms with E-state index < -0.39 is 17.7 Å². The van der Waals surface area contributed by atoms with Crippen LogP contribution < -0.4 is 9.64 Å². The van der Waals surface area contributed by atoms with Gasteiger partial charge in [0.2, 0.25) is 0 Å². The standard InChI is InChI=1S/C26H23BrN2O4/c1-15(2)16-6-9-19(10-7-16)29-23(18-5-4-12-28-14-18)22(25(31)26(29)32)24(30)17-8-11-21(33-3)20(27)13-17/h4-15,23,30H,1-3H3/b24-22-. The van der Waals surface area contributed by atoms with Crippen LogP contribution in [0, 0.1) is 0 Å². The topological polar surface area (TPSA) is 79.7 Å². The number of carbonyl (C=O) groups excluding carboxylic acids is 2. The third kappa shape index (κ3) is 4.16. The molecule has 4 rings (SSSR count). The summed E-state index contributed by atoms with van der Waals surface area (Å²) in [5.41, 5.74) is 2.73. The van der Waals surface area contributed by atoms with Gasteiger partial charge in [-0.1, -0.05) is 32.0 Å². The predicted molar refractivity (Wildman–Crippen MR) is 130 cm³/mol. The van der Waals surface area contributed by atoms with Crippen LogP contribution >= 0.6 is 15.9 Å². The predicted octanol–water partition coefficient (Wildman–Crippen LogP) is 5.60. The van der Waals surface area contributed by atoms with Crippen molar-refractivity contribution in [3.63, 3.8) is 0 Å². The summed E-state index contributed by atoms with van der Waals surface area (Å²) in [5, 5.41) is 11.2. The molecule has 2 aromatic carbocycles. The largest absolute Gasteiger partial charge is 0.507 e. The van der Waals surface area contributed by atoms with Gasteiger partial charge in [0.25, 0.3) is 11.7 Å². The van der Waals surface area contributed by atoms with E-state index in [1.165, 1.54) is 12.0 Å². The highest BCUT2D eigenvalue weighted by molar-refractivity contribution is 9.10. The summed E-state index contributed by atoms with van der Waals surface area (Å²) < 4.78 is 5.87. The van der Waals surface area contributed by atoms with E-state index in [1.807, 2.05) is 24.3 Å². The molecule has 0 saturated carbocycles. The number of rotatable bonds is 5. The second-order valence-electron chi connectivity index (χ2n) is 8.05. The first-order valence-corrected chi connectivity index (χ1v) is 11.3. The van der Waals surface area contributed by atoms with E-state index in [0.29, 0.717) is 33.0 Å². The number of halogens is 1. The van der Waals surface area contributed by atoms with Crippen molar-refractivity contribution in [1.29, 1.82) is 0 Å². The molecule has 1 amide bonds. The number of nitrogens with zero attached hydrogens (tertiary/aromatic N) is 2. The Morgan fingerprint density at radius 3 is 2.42 bits per heavy atom. The lowest BCUT2D eigenvalue weighted by atomic mass is 9.96. The number of aromatic nitrogens is 1. The number of amides is 1. The molecule has 168 valence electrons. The van der Waals surface area contributed by atoms with Crippen molar-refractivity contribution in [2.24, 2.45) is 0 Å². The number of Topliss-reactive ketones (excluding diaryl/α,β-unsaturated/α-hetero) is 1. The van der Waals surface area contributed by atoms with Gasteiger partial charge >= 0.3 is 0 Å². The summed E-state index contributed by atoms with van der Waals surface area (Å²) >= 11 is 3.41. The molecule has 7 heteroatoms. The van der Waals surface area contributed by atoms with Gasteiger partial charge in [0.1, 0.15) is 11.5 Å². The summed E-state index contributed by atoms with van der Waals surface area (Å²) in [7, 11) is 1.54. The monoisotopic (exact) mass is 506 g/mol. The summed E-state index contributed by atoms with van der Waals surface area (Å²) in [6.45, 7) is 4.17. The van der Waals surface area contributed by atoms with E-state index in [4.69, 9.17) is 4.74 Å². The van der Waals surface area contributed by atoms with Crippen molar-refractivity contribution in [1.82, 2.24) is 4.98 Å². The first-order valence-electron chi connectivity index (χ1n) is 10.5. The van der Waals surface area contributed by atoms with E-state index in [0.717, 1.165) is 5.56 Å². The van der Waals surface area contributed by atoms with Gasteiger partial charge in [0, 0.05) is 23.6 Å². The maximum atomic E-state index is 13.2. The number of anilines is 1. The summed E-state index contributed by atoms with van der Waals surface area (Å²) in [6.07, 6.45) is 3.22. The van der Waals surface area contributed by atoms with Crippen LogP contribution in [-0.4, -0.2) is 28.9 Å². The van der Waals surface area contributed by atoms with Gasteiger partial charge in [-0.05, 0) is 69.4 Å². The average Bonchev–Trinajstić information content (AvgIpc) is 3.09. The second kappa shape index (κ2) is 9.19. The Morgan fingerprint density at radius 1 is 1.12 bits per heavy atom. The number of methoxy groups -OCH3 is 1. The zero-order chi connectivity index (χ0) is 23.7. The number of ether oxygens (including phenoxy) is 1. The molecule has 1 aliphatic heterocycles. The number of benzene rings is 2. The highest BCUT2D eigenvalue weighted by atomic mass is 79.9. The Bertz CT molecular complexity index is 1240. The molecule has 1 atom stereocenters. The number of aliphatic hydroxyl groups excluding tert-OH is 1. The molecular formula is C26H23BrN2O4. The highest BCUT2D eigenvalue weighted by Gasteiger charge is 2.47. The lowest BCUT2D eigenvalue weighted by Crippen LogP contribution is -2.29. The van der Waals surface area contributed by atoms with Crippen molar-refractivity contribution in [2.45, 2.75) is 25.8 Å². The minimum absolute atomic E-state index is 0.0120. The quantitative estimate of drug-likeness (QED) is 0.276. The molecule has 1 aromatic heterocycles.